The first-order valence-electron chi connectivity index (χ1n) is 6.57. The molecule has 1 aromatic carbocycles. The van der Waals surface area contributed by atoms with E-state index in [0.29, 0.717) is 16.6 Å². The average Bonchev–Trinajstić information content (AvgIpc) is 2.87. The van der Waals surface area contributed by atoms with Gasteiger partial charge in [-0.05, 0) is 18.2 Å². The summed E-state index contributed by atoms with van der Waals surface area (Å²) in [6.45, 7) is 0. The van der Waals surface area contributed by atoms with Crippen LogP contribution in [0.25, 0.3) is 16.7 Å². The Labute approximate surface area is 127 Å². The van der Waals surface area contributed by atoms with Crippen molar-refractivity contribution in [3.05, 3.63) is 68.4 Å². The molecule has 1 aliphatic rings. The number of aromatic nitrogens is 3. The van der Waals surface area contributed by atoms with Gasteiger partial charge in [0.25, 0.3) is 11.2 Å². The van der Waals surface area contributed by atoms with E-state index >= 15 is 0 Å². The lowest BCUT2D eigenvalue weighted by molar-refractivity contribution is -0.384. The summed E-state index contributed by atoms with van der Waals surface area (Å²) in [6.07, 6.45) is 1.53. The smallest absolute Gasteiger partial charge is 0.270 e. The predicted octanol–water partition coefficient (Wildman–Crippen LogP) is 0.713. The standard InChI is InChI=1S/C14H8N6O3/c15-18-11-9-6-7(20(22)23)3-4-10(9)19-13(11)17-12-8(14(19)21)2-1-5-16-12/h1-6H,15H2. The molecule has 2 N–H and O–H groups in total. The molecule has 3 aromatic rings. The van der Waals surface area contributed by atoms with E-state index in [9.17, 15) is 14.9 Å². The fourth-order valence-corrected chi connectivity index (χ4v) is 2.67. The summed E-state index contributed by atoms with van der Waals surface area (Å²) < 4.78 is 1.34. The van der Waals surface area contributed by atoms with Gasteiger partial charge in [0, 0.05) is 23.9 Å². The fourth-order valence-electron chi connectivity index (χ4n) is 2.67. The Kier molecular flexibility index (Phi) is 2.52. The maximum atomic E-state index is 12.7. The quantitative estimate of drug-likeness (QED) is 0.313. The van der Waals surface area contributed by atoms with Crippen LogP contribution in [-0.4, -0.2) is 25.2 Å². The molecular formula is C14H8N6O3. The third-order valence-corrected chi connectivity index (χ3v) is 3.67. The van der Waals surface area contributed by atoms with Gasteiger partial charge in [-0.15, -0.1) is 0 Å². The number of benzene rings is 1. The molecule has 0 spiro atoms. The number of non-ortho nitro benzene ring substituents is 1. The van der Waals surface area contributed by atoms with E-state index in [1.54, 1.807) is 12.1 Å². The zero-order valence-corrected chi connectivity index (χ0v) is 11.5. The number of rotatable bonds is 1. The lowest BCUT2D eigenvalue weighted by atomic mass is 10.1. The molecule has 0 fully saturated rings. The molecule has 23 heavy (non-hydrogen) atoms. The van der Waals surface area contributed by atoms with Crippen molar-refractivity contribution in [2.45, 2.75) is 0 Å². The van der Waals surface area contributed by atoms with Crippen molar-refractivity contribution in [2.24, 2.45) is 10.9 Å². The van der Waals surface area contributed by atoms with Crippen molar-refractivity contribution in [3.63, 3.8) is 0 Å². The minimum absolute atomic E-state index is 0.117. The molecule has 0 atom stereocenters. The van der Waals surface area contributed by atoms with E-state index in [2.05, 4.69) is 15.1 Å². The van der Waals surface area contributed by atoms with Crippen LogP contribution in [0.2, 0.25) is 0 Å². The van der Waals surface area contributed by atoms with Crippen molar-refractivity contribution in [2.75, 3.05) is 0 Å². The first kappa shape index (κ1) is 13.1. The molecule has 4 rings (SSSR count). The number of hydrogen-bond donors (Lipinski definition) is 1. The van der Waals surface area contributed by atoms with E-state index in [1.807, 2.05) is 0 Å². The van der Waals surface area contributed by atoms with Crippen LogP contribution in [-0.2, 0) is 0 Å². The number of pyridine rings is 1. The number of nitrogens with two attached hydrogens (primary N) is 1. The van der Waals surface area contributed by atoms with Gasteiger partial charge in [0.15, 0.2) is 11.5 Å². The Morgan fingerprint density at radius 2 is 2.13 bits per heavy atom. The molecule has 0 saturated carbocycles. The third-order valence-electron chi connectivity index (χ3n) is 3.67. The number of nitro benzene ring substituents is 1. The van der Waals surface area contributed by atoms with E-state index in [1.165, 1.54) is 29.0 Å². The minimum atomic E-state index is -0.522. The third kappa shape index (κ3) is 1.67. The van der Waals surface area contributed by atoms with Crippen LogP contribution < -0.4 is 11.4 Å². The van der Waals surface area contributed by atoms with Crippen molar-refractivity contribution in [1.29, 1.82) is 0 Å². The molecule has 112 valence electrons. The highest BCUT2D eigenvalue weighted by molar-refractivity contribution is 6.16. The highest BCUT2D eigenvalue weighted by Crippen LogP contribution is 2.29. The summed E-state index contributed by atoms with van der Waals surface area (Å²) in [4.78, 5) is 31.6. The van der Waals surface area contributed by atoms with Crippen LogP contribution in [0.3, 0.4) is 0 Å². The van der Waals surface area contributed by atoms with Crippen LogP contribution in [0.1, 0.15) is 11.4 Å². The number of nitro groups is 1. The monoisotopic (exact) mass is 308 g/mol. The number of hydrazone groups is 1. The maximum absolute atomic E-state index is 12.7. The van der Waals surface area contributed by atoms with Gasteiger partial charge in [-0.25, -0.2) is 9.97 Å². The summed E-state index contributed by atoms with van der Waals surface area (Å²) in [5, 5.41) is 15.0. The molecule has 3 heterocycles. The Morgan fingerprint density at radius 1 is 1.30 bits per heavy atom. The van der Waals surface area contributed by atoms with Gasteiger partial charge >= 0.3 is 0 Å². The molecule has 1 aliphatic heterocycles. The zero-order valence-electron chi connectivity index (χ0n) is 11.5. The van der Waals surface area contributed by atoms with Crippen molar-refractivity contribution < 1.29 is 4.92 Å². The van der Waals surface area contributed by atoms with Crippen LogP contribution >= 0.6 is 0 Å². The van der Waals surface area contributed by atoms with Crippen LogP contribution in [0.15, 0.2) is 46.4 Å². The molecule has 0 saturated heterocycles. The Bertz CT molecular complexity index is 1090. The second-order valence-electron chi connectivity index (χ2n) is 4.89. The topological polar surface area (TPSA) is 129 Å². The van der Waals surface area contributed by atoms with Gasteiger partial charge in [0.05, 0.1) is 16.0 Å². The van der Waals surface area contributed by atoms with Crippen LogP contribution in [0.5, 0.6) is 0 Å². The van der Waals surface area contributed by atoms with Gasteiger partial charge in [-0.1, -0.05) is 0 Å². The van der Waals surface area contributed by atoms with Gasteiger partial charge in [0.1, 0.15) is 5.71 Å². The number of hydrogen-bond acceptors (Lipinski definition) is 7. The summed E-state index contributed by atoms with van der Waals surface area (Å²) in [5.41, 5.74) is 0.889. The van der Waals surface area contributed by atoms with Crippen molar-refractivity contribution in [3.8, 4) is 5.69 Å². The molecule has 0 aliphatic carbocycles. The summed E-state index contributed by atoms with van der Waals surface area (Å²) >= 11 is 0. The Hall–Kier alpha value is -3.62. The first-order chi connectivity index (χ1) is 11.1. The van der Waals surface area contributed by atoms with Crippen LogP contribution in [0.4, 0.5) is 5.69 Å². The largest absolute Gasteiger partial charge is 0.323 e. The number of nitrogens with zero attached hydrogens (tertiary/aromatic N) is 5. The molecule has 2 aromatic heterocycles. The normalized spacial score (nSPS) is 14.0. The average molecular weight is 308 g/mol. The molecule has 9 nitrogen and oxygen atoms in total. The minimum Gasteiger partial charge on any atom is -0.323 e. The van der Waals surface area contributed by atoms with E-state index in [4.69, 9.17) is 5.84 Å². The highest BCUT2D eigenvalue weighted by Gasteiger charge is 2.30. The molecule has 0 unspecified atom stereocenters. The summed E-state index contributed by atoms with van der Waals surface area (Å²) in [7, 11) is 0. The molecule has 0 bridgehead atoms. The van der Waals surface area contributed by atoms with Gasteiger partial charge in [-0.3, -0.25) is 19.5 Å². The Morgan fingerprint density at radius 3 is 2.87 bits per heavy atom. The maximum Gasteiger partial charge on any atom is 0.270 e. The SMILES string of the molecule is NN=C1c2cc([N+](=O)[O-])ccc2-n2c1nc1ncccc1c2=O. The molecular weight excluding hydrogens is 300 g/mol. The molecule has 0 amide bonds. The molecule has 9 heteroatoms. The van der Waals surface area contributed by atoms with Crippen molar-refractivity contribution in [1.82, 2.24) is 14.5 Å². The zero-order chi connectivity index (χ0) is 16.1. The second kappa shape index (κ2) is 4.44. The van der Waals surface area contributed by atoms with E-state index in [0.717, 1.165) is 0 Å². The first-order valence-corrected chi connectivity index (χ1v) is 6.57. The second-order valence-corrected chi connectivity index (χ2v) is 4.89. The summed E-state index contributed by atoms with van der Waals surface area (Å²) in [6, 6.07) is 7.39. The van der Waals surface area contributed by atoms with Gasteiger partial charge < -0.3 is 5.84 Å². The fraction of sp³-hybridized carbons (Fsp3) is 0. The highest BCUT2D eigenvalue weighted by atomic mass is 16.6. The van der Waals surface area contributed by atoms with E-state index < -0.39 is 4.92 Å². The Balaban J connectivity index is 2.13. The lowest BCUT2D eigenvalue weighted by Crippen LogP contribution is -2.22. The number of fused-ring (bicyclic) bond motifs is 4. The predicted molar refractivity (Wildman–Crippen MR) is 81.6 cm³/mol. The van der Waals surface area contributed by atoms with Gasteiger partial charge in [-0.2, -0.15) is 5.10 Å². The van der Waals surface area contributed by atoms with Crippen molar-refractivity contribution >= 4 is 22.4 Å². The summed E-state index contributed by atoms with van der Waals surface area (Å²) in [5.74, 6) is 5.65. The lowest BCUT2D eigenvalue weighted by Gasteiger charge is -2.04. The molecule has 0 radical (unpaired) electrons. The van der Waals surface area contributed by atoms with Crippen LogP contribution in [0, 0.1) is 10.1 Å². The van der Waals surface area contributed by atoms with Gasteiger partial charge in [0.2, 0.25) is 0 Å². The van der Waals surface area contributed by atoms with E-state index in [-0.39, 0.29) is 28.4 Å².